The average Bonchev–Trinajstić information content (AvgIpc) is 2.30. The molecule has 1 N–H and O–H groups in total. The van der Waals surface area contributed by atoms with Gasteiger partial charge in [0.1, 0.15) is 5.60 Å². The molecule has 1 unspecified atom stereocenters. The van der Waals surface area contributed by atoms with Gasteiger partial charge in [0.05, 0.1) is 12.1 Å². The summed E-state index contributed by atoms with van der Waals surface area (Å²) in [4.78, 5) is 11.6. The summed E-state index contributed by atoms with van der Waals surface area (Å²) in [5.74, 6) is 0. The van der Waals surface area contributed by atoms with Crippen LogP contribution in [0.15, 0.2) is 0 Å². The summed E-state index contributed by atoms with van der Waals surface area (Å²) in [6, 6.07) is 0. The Hall–Kier alpha value is -0.0400. The normalized spacial score (nSPS) is 14.8. The van der Waals surface area contributed by atoms with E-state index < -0.39 is 5.60 Å². The molecule has 0 aromatic rings. The third kappa shape index (κ3) is 10.4. The second kappa shape index (κ2) is 9.00. The van der Waals surface area contributed by atoms with E-state index in [9.17, 15) is 4.79 Å². The molecule has 0 aliphatic heterocycles. The molecule has 0 aromatic carbocycles. The van der Waals surface area contributed by atoms with Gasteiger partial charge in [-0.1, -0.05) is 42.4 Å². The van der Waals surface area contributed by atoms with Crippen molar-refractivity contribution in [1.29, 1.82) is 0 Å². The summed E-state index contributed by atoms with van der Waals surface area (Å²) in [7, 11) is 0. The number of nitrogens with one attached hydrogen (secondary N) is 1. The first kappa shape index (κ1) is 19.0. The molecule has 0 saturated carbocycles. The molecular formula is C14H28INO3. The maximum Gasteiger partial charge on any atom is 0.407 e. The molecule has 5 heteroatoms. The number of ether oxygens (including phenoxy) is 2. The number of alkyl carbamates (subject to hydrolysis) is 1. The summed E-state index contributed by atoms with van der Waals surface area (Å²) in [5.41, 5.74) is -0.794. The van der Waals surface area contributed by atoms with E-state index in [1.54, 1.807) is 0 Å². The van der Waals surface area contributed by atoms with Crippen molar-refractivity contribution in [1.82, 2.24) is 5.32 Å². The van der Waals surface area contributed by atoms with Crippen LogP contribution in [0, 0.1) is 0 Å². The van der Waals surface area contributed by atoms with Gasteiger partial charge in [0, 0.05) is 11.0 Å². The SMILES string of the molecule is CCCCCOC(C)(CI)CNC(=O)OC(C)(C)C. The van der Waals surface area contributed by atoms with Crippen LogP contribution in [0.1, 0.15) is 53.9 Å². The molecule has 0 aliphatic carbocycles. The van der Waals surface area contributed by atoms with Crippen LogP contribution in [0.4, 0.5) is 4.79 Å². The van der Waals surface area contributed by atoms with Crippen LogP contribution in [0.25, 0.3) is 0 Å². The van der Waals surface area contributed by atoms with E-state index in [0.717, 1.165) is 17.5 Å². The van der Waals surface area contributed by atoms with Gasteiger partial charge in [-0.15, -0.1) is 0 Å². The predicted octanol–water partition coefficient (Wildman–Crippen LogP) is 3.91. The lowest BCUT2D eigenvalue weighted by molar-refractivity contribution is -0.0153. The fourth-order valence-corrected chi connectivity index (χ4v) is 1.87. The maximum absolute atomic E-state index is 11.6. The standard InChI is InChI=1S/C14H28INO3/c1-6-7-8-9-18-14(5,10-15)11-16-12(17)19-13(2,3)4/h6-11H2,1-5H3,(H,16,17). The maximum atomic E-state index is 11.6. The van der Waals surface area contributed by atoms with Crippen molar-refractivity contribution >= 4 is 28.7 Å². The molecule has 0 aromatic heterocycles. The summed E-state index contributed by atoms with van der Waals surface area (Å²) in [6.07, 6.45) is 3.03. The highest BCUT2D eigenvalue weighted by atomic mass is 127. The van der Waals surface area contributed by atoms with Gasteiger partial charge in [-0.2, -0.15) is 0 Å². The van der Waals surface area contributed by atoms with Crippen molar-refractivity contribution in [2.75, 3.05) is 17.6 Å². The summed E-state index contributed by atoms with van der Waals surface area (Å²) in [5, 5.41) is 2.78. The number of amides is 1. The molecule has 4 nitrogen and oxygen atoms in total. The fraction of sp³-hybridized carbons (Fsp3) is 0.929. The molecule has 0 aliphatic rings. The molecule has 0 rings (SSSR count). The number of carbonyl (C=O) groups excluding carboxylic acids is 1. The van der Waals surface area contributed by atoms with Gasteiger partial charge in [0.15, 0.2) is 0 Å². The van der Waals surface area contributed by atoms with Crippen molar-refractivity contribution < 1.29 is 14.3 Å². The first-order chi connectivity index (χ1) is 8.72. The monoisotopic (exact) mass is 385 g/mol. The molecule has 1 amide bonds. The van der Waals surface area contributed by atoms with Crippen molar-refractivity contribution in [2.24, 2.45) is 0 Å². The third-order valence-corrected chi connectivity index (χ3v) is 4.10. The minimum Gasteiger partial charge on any atom is -0.444 e. The molecule has 0 spiro atoms. The molecule has 0 heterocycles. The van der Waals surface area contributed by atoms with E-state index in [1.807, 2.05) is 27.7 Å². The first-order valence-electron chi connectivity index (χ1n) is 6.89. The highest BCUT2D eigenvalue weighted by molar-refractivity contribution is 14.1. The molecule has 0 radical (unpaired) electrons. The van der Waals surface area contributed by atoms with Crippen LogP contribution < -0.4 is 5.32 Å². The molecule has 0 bridgehead atoms. The molecular weight excluding hydrogens is 357 g/mol. The summed E-state index contributed by atoms with van der Waals surface area (Å²) < 4.78 is 11.9. The van der Waals surface area contributed by atoms with Crippen molar-refractivity contribution in [3.8, 4) is 0 Å². The van der Waals surface area contributed by atoms with E-state index >= 15 is 0 Å². The Labute approximate surface area is 131 Å². The lowest BCUT2D eigenvalue weighted by Gasteiger charge is -2.29. The van der Waals surface area contributed by atoms with Crippen molar-refractivity contribution in [2.45, 2.75) is 65.1 Å². The van der Waals surface area contributed by atoms with Crippen molar-refractivity contribution in [3.63, 3.8) is 0 Å². The smallest absolute Gasteiger partial charge is 0.407 e. The lowest BCUT2D eigenvalue weighted by Crippen LogP contribution is -2.45. The van der Waals surface area contributed by atoms with Crippen LogP contribution in [0.3, 0.4) is 0 Å². The number of hydrogen-bond donors (Lipinski definition) is 1. The van der Waals surface area contributed by atoms with E-state index in [-0.39, 0.29) is 11.7 Å². The Morgan fingerprint density at radius 2 is 1.84 bits per heavy atom. The first-order valence-corrected chi connectivity index (χ1v) is 8.42. The van der Waals surface area contributed by atoms with Crippen LogP contribution in [-0.2, 0) is 9.47 Å². The minimum atomic E-state index is -0.465. The Balaban J connectivity index is 4.05. The number of halogens is 1. The van der Waals surface area contributed by atoms with Crippen LogP contribution in [-0.4, -0.2) is 34.9 Å². The van der Waals surface area contributed by atoms with Gasteiger partial charge in [-0.05, 0) is 34.1 Å². The van der Waals surface area contributed by atoms with Gasteiger partial charge in [0.25, 0.3) is 0 Å². The fourth-order valence-electron chi connectivity index (χ4n) is 1.38. The number of rotatable bonds is 8. The van der Waals surface area contributed by atoms with Crippen LogP contribution >= 0.6 is 22.6 Å². The third-order valence-electron chi connectivity index (χ3n) is 2.49. The number of hydrogen-bond acceptors (Lipinski definition) is 3. The van der Waals surface area contributed by atoms with Gasteiger partial charge >= 0.3 is 6.09 Å². The van der Waals surface area contributed by atoms with Crippen molar-refractivity contribution in [3.05, 3.63) is 0 Å². The summed E-state index contributed by atoms with van der Waals surface area (Å²) in [6.45, 7) is 11.0. The Kier molecular flexibility index (Phi) is 8.98. The molecule has 114 valence electrons. The van der Waals surface area contributed by atoms with Gasteiger partial charge in [-0.3, -0.25) is 0 Å². The quantitative estimate of drug-likeness (QED) is 0.392. The van der Waals surface area contributed by atoms with E-state index in [0.29, 0.717) is 6.54 Å². The highest BCUT2D eigenvalue weighted by Crippen LogP contribution is 2.15. The Bertz CT molecular complexity index is 266. The second-order valence-corrected chi connectivity index (χ2v) is 6.76. The number of carbonyl (C=O) groups is 1. The Morgan fingerprint density at radius 3 is 2.32 bits per heavy atom. The van der Waals surface area contributed by atoms with Crippen LogP contribution in [0.5, 0.6) is 0 Å². The molecule has 1 atom stereocenters. The minimum absolute atomic E-state index is 0.328. The largest absolute Gasteiger partial charge is 0.444 e. The average molecular weight is 385 g/mol. The number of unbranched alkanes of at least 4 members (excludes halogenated alkanes) is 2. The zero-order chi connectivity index (χ0) is 14.9. The van der Waals surface area contributed by atoms with E-state index in [2.05, 4.69) is 34.8 Å². The highest BCUT2D eigenvalue weighted by Gasteiger charge is 2.25. The predicted molar refractivity (Wildman–Crippen MR) is 87.0 cm³/mol. The summed E-state index contributed by atoms with van der Waals surface area (Å²) >= 11 is 2.29. The lowest BCUT2D eigenvalue weighted by atomic mass is 10.1. The van der Waals surface area contributed by atoms with E-state index in [1.165, 1.54) is 12.8 Å². The second-order valence-electron chi connectivity index (χ2n) is 5.99. The molecule has 0 saturated heterocycles. The van der Waals surface area contributed by atoms with Gasteiger partial charge in [-0.25, -0.2) is 4.79 Å². The number of alkyl halides is 1. The molecule has 0 fully saturated rings. The molecule has 19 heavy (non-hydrogen) atoms. The van der Waals surface area contributed by atoms with Gasteiger partial charge < -0.3 is 14.8 Å². The van der Waals surface area contributed by atoms with E-state index in [4.69, 9.17) is 9.47 Å². The topological polar surface area (TPSA) is 47.6 Å². The zero-order valence-corrected chi connectivity index (χ0v) is 15.0. The Morgan fingerprint density at radius 1 is 1.21 bits per heavy atom. The van der Waals surface area contributed by atoms with Gasteiger partial charge in [0.2, 0.25) is 0 Å². The zero-order valence-electron chi connectivity index (χ0n) is 12.8. The van der Waals surface area contributed by atoms with Crippen LogP contribution in [0.2, 0.25) is 0 Å².